The normalized spacial score (nSPS) is 11.4. The quantitative estimate of drug-likeness (QED) is 0.351. The standard InChI is InChI=1S/C18H13N7O4/c26-13-6-25-14(16(28)15(13)27)18(29)24(8-23-25)5-9-1-12(20-2-9)10-4-21-17-11(10)3-19-7-22-17/h1-4,6-8,20,26,28H,5H2,(H,19,21,22). The van der Waals surface area contributed by atoms with Crippen molar-refractivity contribution in [2.75, 3.05) is 0 Å². The number of H-pyrrole nitrogens is 2. The summed E-state index contributed by atoms with van der Waals surface area (Å²) in [5.74, 6) is -1.53. The number of aromatic nitrogens is 7. The van der Waals surface area contributed by atoms with E-state index in [0.717, 1.165) is 32.9 Å². The molecule has 0 aliphatic carbocycles. The number of hydrogen-bond acceptors (Lipinski definition) is 7. The van der Waals surface area contributed by atoms with Gasteiger partial charge in [0.1, 0.15) is 18.3 Å². The minimum atomic E-state index is -1.02. The fourth-order valence-electron chi connectivity index (χ4n) is 3.25. The first-order valence-electron chi connectivity index (χ1n) is 8.50. The Bertz CT molecular complexity index is 1510. The van der Waals surface area contributed by atoms with E-state index in [2.05, 4.69) is 25.0 Å². The number of fused-ring (bicyclic) bond motifs is 2. The molecule has 5 aromatic rings. The average Bonchev–Trinajstić information content (AvgIpc) is 3.35. The molecular weight excluding hydrogens is 378 g/mol. The van der Waals surface area contributed by atoms with E-state index in [9.17, 15) is 19.8 Å². The molecule has 11 heteroatoms. The van der Waals surface area contributed by atoms with Gasteiger partial charge in [-0.15, -0.1) is 0 Å². The molecule has 0 atom stereocenters. The second-order valence-electron chi connectivity index (χ2n) is 6.46. The highest BCUT2D eigenvalue weighted by Crippen LogP contribution is 2.26. The third-order valence-corrected chi connectivity index (χ3v) is 4.67. The molecule has 144 valence electrons. The summed E-state index contributed by atoms with van der Waals surface area (Å²) >= 11 is 0. The summed E-state index contributed by atoms with van der Waals surface area (Å²) in [6.45, 7) is 0.159. The van der Waals surface area contributed by atoms with Gasteiger partial charge in [0.15, 0.2) is 17.0 Å². The monoisotopic (exact) mass is 391 g/mol. The molecule has 0 saturated heterocycles. The van der Waals surface area contributed by atoms with Crippen LogP contribution >= 0.6 is 0 Å². The molecule has 29 heavy (non-hydrogen) atoms. The molecule has 0 amide bonds. The van der Waals surface area contributed by atoms with Crippen molar-refractivity contribution >= 4 is 16.6 Å². The van der Waals surface area contributed by atoms with E-state index in [1.807, 2.05) is 12.3 Å². The maximum absolute atomic E-state index is 12.7. The zero-order chi connectivity index (χ0) is 20.1. The molecule has 0 unspecified atom stereocenters. The van der Waals surface area contributed by atoms with Crippen molar-refractivity contribution in [1.29, 1.82) is 0 Å². The Balaban J connectivity index is 1.55. The molecule has 4 N–H and O–H groups in total. The maximum atomic E-state index is 12.7. The third kappa shape index (κ3) is 2.56. The minimum absolute atomic E-state index is 0.159. The first kappa shape index (κ1) is 16.7. The summed E-state index contributed by atoms with van der Waals surface area (Å²) in [4.78, 5) is 38.9. The molecule has 5 heterocycles. The molecule has 0 fully saturated rings. The van der Waals surface area contributed by atoms with Gasteiger partial charge in [-0.25, -0.2) is 14.5 Å². The molecule has 0 saturated carbocycles. The summed E-state index contributed by atoms with van der Waals surface area (Å²) in [5, 5.41) is 24.3. The first-order chi connectivity index (χ1) is 14.0. The highest BCUT2D eigenvalue weighted by Gasteiger charge is 2.15. The molecule has 0 aliphatic rings. The van der Waals surface area contributed by atoms with E-state index in [-0.39, 0.29) is 12.1 Å². The Labute approximate surface area is 160 Å². The summed E-state index contributed by atoms with van der Waals surface area (Å²) < 4.78 is 2.23. The van der Waals surface area contributed by atoms with Crippen molar-refractivity contribution in [2.24, 2.45) is 0 Å². The van der Waals surface area contributed by atoms with Crippen LogP contribution in [0.3, 0.4) is 0 Å². The predicted octanol–water partition coefficient (Wildman–Crippen LogP) is 0.582. The number of nitrogens with one attached hydrogen (secondary N) is 2. The van der Waals surface area contributed by atoms with Crippen LogP contribution in [0, 0.1) is 0 Å². The van der Waals surface area contributed by atoms with E-state index in [1.54, 1.807) is 12.4 Å². The number of hydrogen-bond donors (Lipinski definition) is 4. The van der Waals surface area contributed by atoms with Gasteiger partial charge in [0.2, 0.25) is 0 Å². The van der Waals surface area contributed by atoms with Crippen LogP contribution in [0.2, 0.25) is 0 Å². The Morgan fingerprint density at radius 2 is 2.00 bits per heavy atom. The van der Waals surface area contributed by atoms with Gasteiger partial charge in [0.25, 0.3) is 11.0 Å². The summed E-state index contributed by atoms with van der Waals surface area (Å²) in [7, 11) is 0. The highest BCUT2D eigenvalue weighted by atomic mass is 16.3. The fourth-order valence-corrected chi connectivity index (χ4v) is 3.25. The molecule has 5 rings (SSSR count). The SMILES string of the molecule is O=c1c(O)cn2ncn(Cc3c[nH]c(-c4c[nH]c5ncncc45)c3)c(=O)c2c1O. The molecule has 0 aromatic carbocycles. The van der Waals surface area contributed by atoms with Crippen LogP contribution in [-0.4, -0.2) is 44.3 Å². The number of pyridine rings is 1. The van der Waals surface area contributed by atoms with Crippen molar-refractivity contribution in [3.8, 4) is 22.8 Å². The molecule has 11 nitrogen and oxygen atoms in total. The minimum Gasteiger partial charge on any atom is -0.503 e. The molecule has 0 aliphatic heterocycles. The van der Waals surface area contributed by atoms with Gasteiger partial charge in [-0.05, 0) is 11.6 Å². The smallest absolute Gasteiger partial charge is 0.282 e. The Morgan fingerprint density at radius 1 is 1.14 bits per heavy atom. The van der Waals surface area contributed by atoms with Crippen molar-refractivity contribution < 1.29 is 10.2 Å². The largest absolute Gasteiger partial charge is 0.503 e. The lowest BCUT2D eigenvalue weighted by atomic mass is 10.1. The zero-order valence-corrected chi connectivity index (χ0v) is 14.7. The van der Waals surface area contributed by atoms with E-state index in [1.165, 1.54) is 17.2 Å². The maximum Gasteiger partial charge on any atom is 0.282 e. The Hall–Kier alpha value is -4.41. The number of aromatic hydroxyl groups is 2. The van der Waals surface area contributed by atoms with Crippen LogP contribution < -0.4 is 11.0 Å². The lowest BCUT2D eigenvalue weighted by Gasteiger charge is -2.07. The number of aromatic amines is 2. The predicted molar refractivity (Wildman–Crippen MR) is 102 cm³/mol. The van der Waals surface area contributed by atoms with Crippen LogP contribution in [0.1, 0.15) is 5.56 Å². The van der Waals surface area contributed by atoms with Crippen LogP contribution in [0.4, 0.5) is 0 Å². The van der Waals surface area contributed by atoms with E-state index >= 15 is 0 Å². The van der Waals surface area contributed by atoms with Gasteiger partial charge in [-0.2, -0.15) is 5.10 Å². The van der Waals surface area contributed by atoms with Gasteiger partial charge in [0, 0.05) is 35.2 Å². The Morgan fingerprint density at radius 3 is 2.86 bits per heavy atom. The lowest BCUT2D eigenvalue weighted by molar-refractivity contribution is 0.436. The summed E-state index contributed by atoms with van der Waals surface area (Å²) in [5.41, 5.74) is 1.25. The molecule has 5 aromatic heterocycles. The zero-order valence-electron chi connectivity index (χ0n) is 14.7. The number of rotatable bonds is 3. The topological polar surface area (TPSA) is 154 Å². The third-order valence-electron chi connectivity index (χ3n) is 4.67. The van der Waals surface area contributed by atoms with E-state index in [4.69, 9.17) is 0 Å². The van der Waals surface area contributed by atoms with Crippen molar-refractivity contribution in [3.63, 3.8) is 0 Å². The molecule has 0 radical (unpaired) electrons. The van der Waals surface area contributed by atoms with Crippen LogP contribution in [0.15, 0.2) is 53.1 Å². The van der Waals surface area contributed by atoms with Crippen molar-refractivity contribution in [2.45, 2.75) is 6.54 Å². The van der Waals surface area contributed by atoms with E-state index in [0.29, 0.717) is 5.65 Å². The van der Waals surface area contributed by atoms with Crippen molar-refractivity contribution in [1.82, 2.24) is 34.1 Å². The van der Waals surface area contributed by atoms with Gasteiger partial charge in [0.05, 0.1) is 12.7 Å². The summed E-state index contributed by atoms with van der Waals surface area (Å²) in [6.07, 6.45) is 8.99. The number of nitrogens with zero attached hydrogens (tertiary/aromatic N) is 5. The van der Waals surface area contributed by atoms with Crippen LogP contribution in [0.25, 0.3) is 27.8 Å². The first-order valence-corrected chi connectivity index (χ1v) is 8.50. The van der Waals surface area contributed by atoms with Crippen LogP contribution in [0.5, 0.6) is 11.5 Å². The van der Waals surface area contributed by atoms with Gasteiger partial charge >= 0.3 is 0 Å². The average molecular weight is 391 g/mol. The van der Waals surface area contributed by atoms with Crippen molar-refractivity contribution in [3.05, 3.63) is 69.6 Å². The van der Waals surface area contributed by atoms with Gasteiger partial charge in [-0.1, -0.05) is 0 Å². The molecule has 0 spiro atoms. The second-order valence-corrected chi connectivity index (χ2v) is 6.46. The summed E-state index contributed by atoms with van der Waals surface area (Å²) in [6, 6.07) is 1.87. The lowest BCUT2D eigenvalue weighted by Crippen LogP contribution is -2.25. The van der Waals surface area contributed by atoms with E-state index < -0.39 is 22.5 Å². The van der Waals surface area contributed by atoms with Gasteiger partial charge in [-0.3, -0.25) is 14.2 Å². The van der Waals surface area contributed by atoms with Crippen LogP contribution in [-0.2, 0) is 6.54 Å². The molecular formula is C18H13N7O4. The second kappa shape index (κ2) is 6.05. The highest BCUT2D eigenvalue weighted by molar-refractivity contribution is 5.91. The van der Waals surface area contributed by atoms with Gasteiger partial charge < -0.3 is 20.2 Å². The Kier molecular flexibility index (Phi) is 3.50. The molecule has 0 bridgehead atoms. The fraction of sp³-hybridized carbons (Fsp3) is 0.0556.